The van der Waals surface area contributed by atoms with Crippen LogP contribution in [0.1, 0.15) is 59.4 Å². The molecular formula is C25H40O5. The van der Waals surface area contributed by atoms with Crippen LogP contribution in [-0.2, 0) is 20.8 Å². The smallest absolute Gasteiger partial charge is 0.205 e. The molecule has 1 heterocycles. The lowest BCUT2D eigenvalue weighted by molar-refractivity contribution is -0.366. The van der Waals surface area contributed by atoms with Gasteiger partial charge in [0.2, 0.25) is 5.79 Å². The molecule has 1 aliphatic heterocycles. The Hall–Kier alpha value is -1.24. The number of aliphatic hydroxyl groups is 2. The number of allylic oxidation sites excluding steroid dienone is 1. The number of ether oxygens (including phenoxy) is 3. The number of hydrogen-bond donors (Lipinski definition) is 2. The summed E-state index contributed by atoms with van der Waals surface area (Å²) in [5.41, 5.74) is 0.530. The van der Waals surface area contributed by atoms with E-state index in [1.807, 2.05) is 44.2 Å². The third-order valence-electron chi connectivity index (χ3n) is 6.36. The van der Waals surface area contributed by atoms with Gasteiger partial charge in [-0.05, 0) is 31.2 Å². The normalized spacial score (nSPS) is 29.8. The van der Waals surface area contributed by atoms with Gasteiger partial charge < -0.3 is 24.4 Å². The van der Waals surface area contributed by atoms with Crippen LogP contribution >= 0.6 is 0 Å². The predicted molar refractivity (Wildman–Crippen MR) is 119 cm³/mol. The molecule has 1 aromatic rings. The number of hydrogen-bond acceptors (Lipinski definition) is 5. The molecule has 30 heavy (non-hydrogen) atoms. The van der Waals surface area contributed by atoms with Crippen molar-refractivity contribution in [2.24, 2.45) is 11.3 Å². The van der Waals surface area contributed by atoms with E-state index in [0.29, 0.717) is 19.4 Å². The maximum atomic E-state index is 10.8. The molecule has 170 valence electrons. The third-order valence-corrected chi connectivity index (χ3v) is 6.36. The summed E-state index contributed by atoms with van der Waals surface area (Å²) >= 11 is 0. The lowest BCUT2D eigenvalue weighted by Crippen LogP contribution is -2.65. The molecule has 0 unspecified atom stereocenters. The van der Waals surface area contributed by atoms with Gasteiger partial charge in [-0.25, -0.2) is 0 Å². The number of rotatable bonds is 10. The van der Waals surface area contributed by atoms with E-state index in [-0.39, 0.29) is 18.1 Å². The molecule has 6 atom stereocenters. The van der Waals surface area contributed by atoms with E-state index in [2.05, 4.69) is 32.9 Å². The van der Waals surface area contributed by atoms with Crippen molar-refractivity contribution < 1.29 is 24.4 Å². The molecule has 5 heteroatoms. The van der Waals surface area contributed by atoms with Gasteiger partial charge in [0.15, 0.2) is 0 Å². The van der Waals surface area contributed by atoms with Crippen LogP contribution in [-0.4, -0.2) is 47.5 Å². The average Bonchev–Trinajstić information content (AvgIpc) is 2.73. The van der Waals surface area contributed by atoms with Crippen molar-refractivity contribution in [2.45, 2.75) is 90.7 Å². The van der Waals surface area contributed by atoms with Gasteiger partial charge in [-0.3, -0.25) is 0 Å². The Kier molecular flexibility index (Phi) is 9.07. The Morgan fingerprint density at radius 2 is 1.90 bits per heavy atom. The van der Waals surface area contributed by atoms with Gasteiger partial charge in [-0.15, -0.1) is 0 Å². The van der Waals surface area contributed by atoms with Crippen LogP contribution in [0.4, 0.5) is 0 Å². The number of aliphatic hydroxyl groups excluding tert-OH is 2. The molecule has 1 aliphatic rings. The largest absolute Gasteiger partial charge is 0.390 e. The minimum Gasteiger partial charge on any atom is -0.390 e. The highest BCUT2D eigenvalue weighted by Crippen LogP contribution is 2.45. The minimum absolute atomic E-state index is 0.0303. The topological polar surface area (TPSA) is 68.2 Å². The van der Waals surface area contributed by atoms with Gasteiger partial charge in [0.1, 0.15) is 6.10 Å². The first-order chi connectivity index (χ1) is 14.2. The molecule has 1 saturated heterocycles. The van der Waals surface area contributed by atoms with Crippen molar-refractivity contribution in [2.75, 3.05) is 7.11 Å². The van der Waals surface area contributed by atoms with Gasteiger partial charge in [0.25, 0.3) is 0 Å². The Bertz CT molecular complexity index is 659. The maximum Gasteiger partial charge on any atom is 0.205 e. The van der Waals surface area contributed by atoms with Gasteiger partial charge >= 0.3 is 0 Å². The highest BCUT2D eigenvalue weighted by atomic mass is 16.7. The van der Waals surface area contributed by atoms with Crippen molar-refractivity contribution in [3.05, 3.63) is 48.0 Å². The molecule has 1 fully saturated rings. The summed E-state index contributed by atoms with van der Waals surface area (Å²) < 4.78 is 18.3. The molecule has 0 aliphatic carbocycles. The minimum atomic E-state index is -1.31. The van der Waals surface area contributed by atoms with Crippen LogP contribution in [0.25, 0.3) is 0 Å². The molecule has 0 aromatic heterocycles. The highest BCUT2D eigenvalue weighted by molar-refractivity contribution is 5.13. The van der Waals surface area contributed by atoms with Crippen LogP contribution in [0.5, 0.6) is 0 Å². The van der Waals surface area contributed by atoms with Crippen molar-refractivity contribution in [3.8, 4) is 0 Å². The van der Waals surface area contributed by atoms with Gasteiger partial charge in [-0.1, -0.05) is 70.2 Å². The Morgan fingerprint density at radius 3 is 2.50 bits per heavy atom. The first kappa shape index (κ1) is 25.0. The lowest BCUT2D eigenvalue weighted by Gasteiger charge is -2.53. The van der Waals surface area contributed by atoms with Crippen molar-refractivity contribution in [3.63, 3.8) is 0 Å². The zero-order chi connectivity index (χ0) is 22.4. The summed E-state index contributed by atoms with van der Waals surface area (Å²) in [6.07, 6.45) is 3.74. The first-order valence-electron chi connectivity index (χ1n) is 11.1. The number of methoxy groups -OCH3 is 1. The second kappa shape index (κ2) is 10.9. The van der Waals surface area contributed by atoms with E-state index >= 15 is 0 Å². The average molecular weight is 421 g/mol. The highest BCUT2D eigenvalue weighted by Gasteiger charge is 2.57. The Morgan fingerprint density at radius 1 is 1.23 bits per heavy atom. The lowest BCUT2D eigenvalue weighted by atomic mass is 9.74. The van der Waals surface area contributed by atoms with Crippen molar-refractivity contribution in [1.82, 2.24) is 0 Å². The van der Waals surface area contributed by atoms with Crippen molar-refractivity contribution >= 4 is 0 Å². The summed E-state index contributed by atoms with van der Waals surface area (Å²) in [4.78, 5) is 0. The van der Waals surface area contributed by atoms with Crippen LogP contribution in [0, 0.1) is 11.3 Å². The van der Waals surface area contributed by atoms with Gasteiger partial charge in [0, 0.05) is 18.9 Å². The Balaban J connectivity index is 2.07. The van der Waals surface area contributed by atoms with E-state index < -0.39 is 23.4 Å². The monoisotopic (exact) mass is 420 g/mol. The fourth-order valence-electron chi connectivity index (χ4n) is 4.23. The summed E-state index contributed by atoms with van der Waals surface area (Å²) in [5, 5.41) is 21.5. The first-order valence-corrected chi connectivity index (χ1v) is 11.1. The number of benzene rings is 1. The zero-order valence-electron chi connectivity index (χ0n) is 19.4. The summed E-state index contributed by atoms with van der Waals surface area (Å²) in [7, 11) is 1.54. The summed E-state index contributed by atoms with van der Waals surface area (Å²) in [6.45, 7) is 10.8. The van der Waals surface area contributed by atoms with E-state index in [0.717, 1.165) is 12.0 Å². The van der Waals surface area contributed by atoms with Gasteiger partial charge in [0.05, 0.1) is 24.9 Å². The molecule has 2 rings (SSSR count). The standard InChI is InChI=1S/C25H40O5/c1-7-8-14-24(4,5)25(28-6)23(27)22(26)16-21(30-25)15-18(2)19(3)29-17-20-12-10-9-11-13-20/h8-14,18-19,21-23,26-27H,7,15-17H2,1-6H3/b14-8+/t18-,19-,21-,22+,23+,25-/m1/s1. The van der Waals surface area contributed by atoms with E-state index in [1.165, 1.54) is 7.11 Å². The zero-order valence-corrected chi connectivity index (χ0v) is 19.4. The van der Waals surface area contributed by atoms with E-state index in [4.69, 9.17) is 14.2 Å². The maximum absolute atomic E-state index is 10.8. The third kappa shape index (κ3) is 5.71. The molecule has 0 amide bonds. The Labute approximate surface area is 182 Å². The molecule has 0 bridgehead atoms. The van der Waals surface area contributed by atoms with Crippen molar-refractivity contribution in [1.29, 1.82) is 0 Å². The second-order valence-electron chi connectivity index (χ2n) is 9.11. The van der Waals surface area contributed by atoms with Crippen LogP contribution < -0.4 is 0 Å². The molecular weight excluding hydrogens is 380 g/mol. The second-order valence-corrected chi connectivity index (χ2v) is 9.11. The predicted octanol–water partition coefficient (Wildman–Crippen LogP) is 4.46. The quantitative estimate of drug-likeness (QED) is 0.547. The van der Waals surface area contributed by atoms with E-state index in [9.17, 15) is 10.2 Å². The molecule has 1 aromatic carbocycles. The molecule has 0 saturated carbocycles. The molecule has 2 N–H and O–H groups in total. The molecule has 0 radical (unpaired) electrons. The van der Waals surface area contributed by atoms with Crippen LogP contribution in [0.3, 0.4) is 0 Å². The fraction of sp³-hybridized carbons (Fsp3) is 0.680. The SMILES string of the molecule is CC/C=C/C(C)(C)[C@]1(OC)O[C@H](C[C@@H](C)[C@@H](C)OCc2ccccc2)C[C@H](O)[C@@H]1O. The van der Waals surface area contributed by atoms with Crippen LogP contribution in [0.15, 0.2) is 42.5 Å². The summed E-state index contributed by atoms with van der Waals surface area (Å²) in [5.74, 6) is -1.10. The fourth-order valence-corrected chi connectivity index (χ4v) is 4.23. The van der Waals surface area contributed by atoms with Crippen LogP contribution in [0.2, 0.25) is 0 Å². The molecule has 5 nitrogen and oxygen atoms in total. The summed E-state index contributed by atoms with van der Waals surface area (Å²) in [6, 6.07) is 10.1. The van der Waals surface area contributed by atoms with Gasteiger partial charge in [-0.2, -0.15) is 0 Å². The van der Waals surface area contributed by atoms with E-state index in [1.54, 1.807) is 0 Å². The molecule has 0 spiro atoms.